The third-order valence-electron chi connectivity index (χ3n) is 4.18. The average molecular weight is 374 g/mol. The number of nitrogens with one attached hydrogen (secondary N) is 2. The molecule has 142 valence electrons. The number of carbonyl (C=O) groups excluding carboxylic acids is 2. The molecule has 0 spiro atoms. The molecule has 0 aliphatic heterocycles. The van der Waals surface area contributed by atoms with E-state index in [2.05, 4.69) is 10.6 Å². The Morgan fingerprint density at radius 3 is 2.18 bits per heavy atom. The molecule has 0 bridgehead atoms. The van der Waals surface area contributed by atoms with E-state index in [1.807, 2.05) is 54.6 Å². The number of Topliss-reactive ketones (excluding diaryl/α,β-unsaturated/α-hetero) is 1. The predicted molar refractivity (Wildman–Crippen MR) is 111 cm³/mol. The van der Waals surface area contributed by atoms with E-state index in [-0.39, 0.29) is 11.7 Å². The van der Waals surface area contributed by atoms with E-state index in [1.54, 1.807) is 31.2 Å². The SMILES string of the molecule is CC(=O)c1ccc(NC(=O)C(C)Nc2ccccc2Oc2ccccc2)cc1. The van der Waals surface area contributed by atoms with Crippen LogP contribution in [0.25, 0.3) is 0 Å². The predicted octanol–water partition coefficient (Wildman–Crippen LogP) is 5.12. The van der Waals surface area contributed by atoms with Crippen LogP contribution in [0, 0.1) is 0 Å². The van der Waals surface area contributed by atoms with Gasteiger partial charge in [-0.1, -0.05) is 30.3 Å². The van der Waals surface area contributed by atoms with Crippen molar-refractivity contribution in [3.63, 3.8) is 0 Å². The fourth-order valence-electron chi connectivity index (χ4n) is 2.63. The minimum absolute atomic E-state index is 0.0112. The van der Waals surface area contributed by atoms with Gasteiger partial charge in [-0.05, 0) is 62.4 Å². The summed E-state index contributed by atoms with van der Waals surface area (Å²) in [6, 6.07) is 23.3. The van der Waals surface area contributed by atoms with E-state index in [0.717, 1.165) is 11.4 Å². The van der Waals surface area contributed by atoms with E-state index in [4.69, 9.17) is 4.74 Å². The average Bonchev–Trinajstić information content (AvgIpc) is 2.70. The second kappa shape index (κ2) is 8.86. The van der Waals surface area contributed by atoms with Gasteiger partial charge in [0.1, 0.15) is 11.8 Å². The fraction of sp³-hybridized carbons (Fsp3) is 0.130. The van der Waals surface area contributed by atoms with Crippen molar-refractivity contribution in [1.82, 2.24) is 0 Å². The maximum absolute atomic E-state index is 12.5. The van der Waals surface area contributed by atoms with Crippen LogP contribution in [-0.4, -0.2) is 17.7 Å². The molecule has 5 heteroatoms. The number of ether oxygens (including phenoxy) is 1. The van der Waals surface area contributed by atoms with Crippen LogP contribution >= 0.6 is 0 Å². The van der Waals surface area contributed by atoms with Gasteiger partial charge in [0.15, 0.2) is 11.5 Å². The Balaban J connectivity index is 1.66. The summed E-state index contributed by atoms with van der Waals surface area (Å²) in [6.07, 6.45) is 0. The van der Waals surface area contributed by atoms with Crippen LogP contribution in [0.5, 0.6) is 11.5 Å². The Morgan fingerprint density at radius 2 is 1.50 bits per heavy atom. The van der Waals surface area contributed by atoms with Crippen LogP contribution in [0.3, 0.4) is 0 Å². The van der Waals surface area contributed by atoms with Crippen molar-refractivity contribution in [2.45, 2.75) is 19.9 Å². The van der Waals surface area contributed by atoms with Gasteiger partial charge in [0.05, 0.1) is 5.69 Å². The third-order valence-corrected chi connectivity index (χ3v) is 4.18. The number of para-hydroxylation sites is 3. The standard InChI is InChI=1S/C23H22N2O3/c1-16(23(27)25-19-14-12-18(13-15-19)17(2)26)24-21-10-6-7-11-22(21)28-20-8-4-3-5-9-20/h3-16,24H,1-2H3,(H,25,27). The van der Waals surface area contributed by atoms with Gasteiger partial charge in [-0.25, -0.2) is 0 Å². The van der Waals surface area contributed by atoms with Crippen molar-refractivity contribution in [1.29, 1.82) is 0 Å². The molecule has 0 heterocycles. The van der Waals surface area contributed by atoms with E-state index in [0.29, 0.717) is 17.0 Å². The molecular weight excluding hydrogens is 352 g/mol. The first-order chi connectivity index (χ1) is 13.5. The highest BCUT2D eigenvalue weighted by Gasteiger charge is 2.15. The molecular formula is C23H22N2O3. The second-order valence-corrected chi connectivity index (χ2v) is 6.40. The van der Waals surface area contributed by atoms with Crippen LogP contribution in [0.1, 0.15) is 24.2 Å². The highest BCUT2D eigenvalue weighted by Crippen LogP contribution is 2.29. The summed E-state index contributed by atoms with van der Waals surface area (Å²) in [6.45, 7) is 3.28. The van der Waals surface area contributed by atoms with Crippen molar-refractivity contribution in [2.75, 3.05) is 10.6 Å². The van der Waals surface area contributed by atoms with Gasteiger partial charge in [-0.3, -0.25) is 9.59 Å². The van der Waals surface area contributed by atoms with Gasteiger partial charge >= 0.3 is 0 Å². The third kappa shape index (κ3) is 4.98. The van der Waals surface area contributed by atoms with Gasteiger partial charge in [-0.15, -0.1) is 0 Å². The van der Waals surface area contributed by atoms with E-state index >= 15 is 0 Å². The highest BCUT2D eigenvalue weighted by atomic mass is 16.5. The van der Waals surface area contributed by atoms with E-state index < -0.39 is 6.04 Å². The highest BCUT2D eigenvalue weighted by molar-refractivity contribution is 5.98. The molecule has 0 aliphatic carbocycles. The van der Waals surface area contributed by atoms with Gasteiger partial charge in [-0.2, -0.15) is 0 Å². The number of anilines is 2. The zero-order valence-corrected chi connectivity index (χ0v) is 15.8. The number of rotatable bonds is 7. The zero-order valence-electron chi connectivity index (χ0n) is 15.8. The normalized spacial score (nSPS) is 11.4. The van der Waals surface area contributed by atoms with Crippen LogP contribution in [-0.2, 0) is 4.79 Å². The molecule has 0 saturated carbocycles. The lowest BCUT2D eigenvalue weighted by atomic mass is 10.1. The summed E-state index contributed by atoms with van der Waals surface area (Å²) in [4.78, 5) is 23.9. The second-order valence-electron chi connectivity index (χ2n) is 6.40. The largest absolute Gasteiger partial charge is 0.455 e. The molecule has 0 fully saturated rings. The number of amides is 1. The summed E-state index contributed by atoms with van der Waals surface area (Å²) in [7, 11) is 0. The summed E-state index contributed by atoms with van der Waals surface area (Å²) in [5, 5.41) is 6.03. The first kappa shape index (κ1) is 19.2. The van der Waals surface area contributed by atoms with Crippen LogP contribution in [0.15, 0.2) is 78.9 Å². The molecule has 28 heavy (non-hydrogen) atoms. The molecule has 3 rings (SSSR count). The van der Waals surface area contributed by atoms with Gasteiger partial charge < -0.3 is 15.4 Å². The summed E-state index contributed by atoms with van der Waals surface area (Å²) in [5.41, 5.74) is 1.97. The van der Waals surface area contributed by atoms with Crippen molar-refractivity contribution in [3.8, 4) is 11.5 Å². The number of carbonyl (C=O) groups is 2. The van der Waals surface area contributed by atoms with Gasteiger partial charge in [0.25, 0.3) is 0 Å². The Hall–Kier alpha value is -3.60. The summed E-state index contributed by atoms with van der Waals surface area (Å²) < 4.78 is 5.92. The van der Waals surface area contributed by atoms with Crippen molar-refractivity contribution >= 4 is 23.1 Å². The molecule has 2 N–H and O–H groups in total. The fourth-order valence-corrected chi connectivity index (χ4v) is 2.63. The zero-order chi connectivity index (χ0) is 19.9. The minimum Gasteiger partial charge on any atom is -0.455 e. The topological polar surface area (TPSA) is 67.4 Å². The summed E-state index contributed by atoms with van der Waals surface area (Å²) >= 11 is 0. The molecule has 0 saturated heterocycles. The monoisotopic (exact) mass is 374 g/mol. The van der Waals surface area contributed by atoms with Crippen molar-refractivity contribution in [3.05, 3.63) is 84.4 Å². The van der Waals surface area contributed by atoms with Gasteiger partial charge in [0.2, 0.25) is 5.91 Å². The van der Waals surface area contributed by atoms with Crippen LogP contribution < -0.4 is 15.4 Å². The Morgan fingerprint density at radius 1 is 0.857 bits per heavy atom. The molecule has 3 aromatic carbocycles. The smallest absolute Gasteiger partial charge is 0.246 e. The molecule has 1 amide bonds. The molecule has 1 atom stereocenters. The quantitative estimate of drug-likeness (QED) is 0.563. The lowest BCUT2D eigenvalue weighted by molar-refractivity contribution is -0.116. The summed E-state index contributed by atoms with van der Waals surface area (Å²) in [5.74, 6) is 1.16. The number of hydrogen-bond donors (Lipinski definition) is 2. The molecule has 0 aromatic heterocycles. The number of hydrogen-bond acceptors (Lipinski definition) is 4. The molecule has 0 aliphatic rings. The van der Waals surface area contributed by atoms with Crippen molar-refractivity contribution in [2.24, 2.45) is 0 Å². The number of benzene rings is 3. The minimum atomic E-state index is -0.493. The number of ketones is 1. The Kier molecular flexibility index (Phi) is 6.07. The molecule has 3 aromatic rings. The van der Waals surface area contributed by atoms with Crippen LogP contribution in [0.4, 0.5) is 11.4 Å². The lowest BCUT2D eigenvalue weighted by Gasteiger charge is -2.18. The van der Waals surface area contributed by atoms with Crippen molar-refractivity contribution < 1.29 is 14.3 Å². The molecule has 0 radical (unpaired) electrons. The maximum atomic E-state index is 12.5. The lowest BCUT2D eigenvalue weighted by Crippen LogP contribution is -2.32. The Bertz CT molecular complexity index is 953. The first-order valence-corrected chi connectivity index (χ1v) is 9.03. The van der Waals surface area contributed by atoms with Gasteiger partial charge in [0, 0.05) is 11.3 Å². The first-order valence-electron chi connectivity index (χ1n) is 9.03. The van der Waals surface area contributed by atoms with E-state index in [1.165, 1.54) is 6.92 Å². The molecule has 5 nitrogen and oxygen atoms in total. The van der Waals surface area contributed by atoms with E-state index in [9.17, 15) is 9.59 Å². The van der Waals surface area contributed by atoms with Crippen LogP contribution in [0.2, 0.25) is 0 Å². The maximum Gasteiger partial charge on any atom is 0.246 e. The Labute approximate surface area is 164 Å². The molecule has 1 unspecified atom stereocenters.